The molecule has 2 fully saturated rings. The van der Waals surface area contributed by atoms with Gasteiger partial charge in [0.2, 0.25) is 5.91 Å². The molecule has 142 valence electrons. The van der Waals surface area contributed by atoms with Crippen molar-refractivity contribution in [3.05, 3.63) is 29.8 Å². The first-order valence-corrected chi connectivity index (χ1v) is 9.42. The van der Waals surface area contributed by atoms with E-state index in [4.69, 9.17) is 4.74 Å². The molecule has 2 heterocycles. The lowest BCUT2D eigenvalue weighted by Gasteiger charge is -2.37. The molecule has 1 amide bonds. The standard InChI is InChI=1S/C20H29N3O3/c1-16(24)18-3-5-19(6-4-18)22-9-7-21(8-10-22)14-17-13-20(25)23(15-17)11-12-26-2/h3-6,17H,7-15H2,1-2H3/t17-/m1/s1. The first-order valence-electron chi connectivity index (χ1n) is 9.42. The summed E-state index contributed by atoms with van der Waals surface area (Å²) in [6.07, 6.45) is 0.663. The van der Waals surface area contributed by atoms with Crippen molar-refractivity contribution in [2.45, 2.75) is 13.3 Å². The Morgan fingerprint density at radius 1 is 1.15 bits per heavy atom. The molecule has 0 spiro atoms. The lowest BCUT2D eigenvalue weighted by molar-refractivity contribution is -0.128. The maximum Gasteiger partial charge on any atom is 0.223 e. The van der Waals surface area contributed by atoms with Gasteiger partial charge in [-0.05, 0) is 37.1 Å². The van der Waals surface area contributed by atoms with Gasteiger partial charge in [-0.2, -0.15) is 0 Å². The Balaban J connectivity index is 1.45. The topological polar surface area (TPSA) is 53.1 Å². The smallest absolute Gasteiger partial charge is 0.223 e. The van der Waals surface area contributed by atoms with Crippen LogP contribution in [-0.2, 0) is 9.53 Å². The van der Waals surface area contributed by atoms with Gasteiger partial charge in [-0.25, -0.2) is 0 Å². The number of anilines is 1. The SMILES string of the molecule is COCCN1C[C@@H](CN2CCN(c3ccc(C(C)=O)cc3)CC2)CC1=O. The maximum absolute atomic E-state index is 12.1. The molecule has 1 aromatic rings. The third-order valence-electron chi connectivity index (χ3n) is 5.39. The molecule has 0 N–H and O–H groups in total. The first kappa shape index (κ1) is 18.9. The summed E-state index contributed by atoms with van der Waals surface area (Å²) in [4.78, 5) is 30.2. The largest absolute Gasteiger partial charge is 0.383 e. The van der Waals surface area contributed by atoms with E-state index in [0.29, 0.717) is 25.5 Å². The Labute approximate surface area is 155 Å². The van der Waals surface area contributed by atoms with Crippen molar-refractivity contribution in [2.24, 2.45) is 5.92 Å². The second-order valence-corrected chi connectivity index (χ2v) is 7.29. The van der Waals surface area contributed by atoms with Gasteiger partial charge >= 0.3 is 0 Å². The minimum atomic E-state index is 0.104. The fourth-order valence-electron chi connectivity index (χ4n) is 3.85. The van der Waals surface area contributed by atoms with E-state index in [0.717, 1.165) is 44.8 Å². The Kier molecular flexibility index (Phi) is 6.27. The number of nitrogens with zero attached hydrogens (tertiary/aromatic N) is 3. The summed E-state index contributed by atoms with van der Waals surface area (Å²) in [6, 6.07) is 7.89. The van der Waals surface area contributed by atoms with Crippen LogP contribution < -0.4 is 4.90 Å². The minimum Gasteiger partial charge on any atom is -0.383 e. The molecule has 6 nitrogen and oxygen atoms in total. The van der Waals surface area contributed by atoms with Crippen LogP contribution >= 0.6 is 0 Å². The normalized spacial score (nSPS) is 21.5. The highest BCUT2D eigenvalue weighted by Crippen LogP contribution is 2.21. The van der Waals surface area contributed by atoms with Crippen LogP contribution in [0.2, 0.25) is 0 Å². The van der Waals surface area contributed by atoms with E-state index in [9.17, 15) is 9.59 Å². The molecule has 0 unspecified atom stereocenters. The Hall–Kier alpha value is -1.92. The highest BCUT2D eigenvalue weighted by Gasteiger charge is 2.31. The van der Waals surface area contributed by atoms with E-state index in [-0.39, 0.29) is 11.7 Å². The molecule has 0 radical (unpaired) electrons. The van der Waals surface area contributed by atoms with Crippen molar-refractivity contribution in [2.75, 3.05) is 64.4 Å². The van der Waals surface area contributed by atoms with Crippen molar-refractivity contribution in [3.8, 4) is 0 Å². The first-order chi connectivity index (χ1) is 12.6. The van der Waals surface area contributed by atoms with Crippen LogP contribution in [0.25, 0.3) is 0 Å². The van der Waals surface area contributed by atoms with Gasteiger partial charge in [0.25, 0.3) is 0 Å². The number of hydrogen-bond acceptors (Lipinski definition) is 5. The van der Waals surface area contributed by atoms with Gasteiger partial charge < -0.3 is 14.5 Å². The number of carbonyl (C=O) groups is 2. The van der Waals surface area contributed by atoms with Gasteiger partial charge in [0.1, 0.15) is 0 Å². The van der Waals surface area contributed by atoms with Gasteiger partial charge in [-0.3, -0.25) is 14.5 Å². The van der Waals surface area contributed by atoms with Crippen LogP contribution in [-0.4, -0.2) is 81.0 Å². The molecule has 2 aliphatic rings. The highest BCUT2D eigenvalue weighted by molar-refractivity contribution is 5.94. The molecule has 1 aromatic carbocycles. The fourth-order valence-corrected chi connectivity index (χ4v) is 3.85. The van der Waals surface area contributed by atoms with Crippen molar-refractivity contribution in [1.82, 2.24) is 9.80 Å². The summed E-state index contributed by atoms with van der Waals surface area (Å²) in [6.45, 7) is 8.74. The van der Waals surface area contributed by atoms with Crippen LogP contribution in [0.4, 0.5) is 5.69 Å². The minimum absolute atomic E-state index is 0.104. The molecule has 1 atom stereocenters. The van der Waals surface area contributed by atoms with Gasteiger partial charge in [0.15, 0.2) is 5.78 Å². The molecule has 6 heteroatoms. The second kappa shape index (κ2) is 8.64. The Bertz CT molecular complexity index is 624. The molecule has 0 aliphatic carbocycles. The lowest BCUT2D eigenvalue weighted by Crippen LogP contribution is -2.48. The number of ketones is 1. The van der Waals surface area contributed by atoms with E-state index >= 15 is 0 Å². The average Bonchev–Trinajstić information content (AvgIpc) is 3.00. The second-order valence-electron chi connectivity index (χ2n) is 7.29. The fraction of sp³-hybridized carbons (Fsp3) is 0.600. The van der Waals surface area contributed by atoms with Crippen molar-refractivity contribution < 1.29 is 14.3 Å². The van der Waals surface area contributed by atoms with Crippen LogP contribution in [0, 0.1) is 5.92 Å². The van der Waals surface area contributed by atoms with Gasteiger partial charge in [0.05, 0.1) is 6.61 Å². The third-order valence-corrected chi connectivity index (χ3v) is 5.39. The van der Waals surface area contributed by atoms with E-state index in [1.165, 1.54) is 5.69 Å². The zero-order chi connectivity index (χ0) is 18.5. The number of hydrogen-bond donors (Lipinski definition) is 0. The molecule has 0 aromatic heterocycles. The maximum atomic E-state index is 12.1. The van der Waals surface area contributed by atoms with Gasteiger partial charge in [0, 0.05) is 70.6 Å². The van der Waals surface area contributed by atoms with Crippen molar-refractivity contribution in [3.63, 3.8) is 0 Å². The summed E-state index contributed by atoms with van der Waals surface area (Å²) >= 11 is 0. The Morgan fingerprint density at radius 2 is 1.85 bits per heavy atom. The molecular weight excluding hydrogens is 330 g/mol. The summed E-state index contributed by atoms with van der Waals surface area (Å²) in [5.74, 6) is 0.795. The van der Waals surface area contributed by atoms with Crippen LogP contribution in [0.5, 0.6) is 0 Å². The molecule has 3 rings (SSSR count). The molecule has 2 saturated heterocycles. The lowest BCUT2D eigenvalue weighted by atomic mass is 10.1. The van der Waals surface area contributed by atoms with E-state index in [2.05, 4.69) is 9.80 Å². The number of carbonyl (C=O) groups excluding carboxylic acids is 2. The molecular formula is C20H29N3O3. The number of piperazine rings is 1. The van der Waals surface area contributed by atoms with Crippen LogP contribution in [0.3, 0.4) is 0 Å². The zero-order valence-corrected chi connectivity index (χ0v) is 15.8. The Morgan fingerprint density at radius 3 is 2.46 bits per heavy atom. The highest BCUT2D eigenvalue weighted by atomic mass is 16.5. The zero-order valence-electron chi connectivity index (χ0n) is 15.8. The number of rotatable bonds is 7. The number of likely N-dealkylation sites (tertiary alicyclic amines) is 1. The summed E-state index contributed by atoms with van der Waals surface area (Å²) in [5, 5.41) is 0. The predicted molar refractivity (Wildman–Crippen MR) is 102 cm³/mol. The number of amides is 1. The predicted octanol–water partition coefficient (Wildman–Crippen LogP) is 1.51. The summed E-state index contributed by atoms with van der Waals surface area (Å²) < 4.78 is 5.08. The monoisotopic (exact) mass is 359 g/mol. The van der Waals surface area contributed by atoms with E-state index in [1.54, 1.807) is 14.0 Å². The van der Waals surface area contributed by atoms with E-state index in [1.807, 2.05) is 29.2 Å². The summed E-state index contributed by atoms with van der Waals surface area (Å²) in [5.41, 5.74) is 1.94. The molecule has 0 bridgehead atoms. The third kappa shape index (κ3) is 4.62. The van der Waals surface area contributed by atoms with Gasteiger partial charge in [-0.15, -0.1) is 0 Å². The molecule has 0 saturated carbocycles. The van der Waals surface area contributed by atoms with Crippen LogP contribution in [0.1, 0.15) is 23.7 Å². The molecule has 2 aliphatic heterocycles. The average molecular weight is 359 g/mol. The van der Waals surface area contributed by atoms with Gasteiger partial charge in [-0.1, -0.05) is 0 Å². The summed E-state index contributed by atoms with van der Waals surface area (Å²) in [7, 11) is 1.67. The molecule has 26 heavy (non-hydrogen) atoms. The quantitative estimate of drug-likeness (QED) is 0.691. The number of Topliss-reactive ketones (excluding diaryl/α,β-unsaturated/α-hetero) is 1. The van der Waals surface area contributed by atoms with Crippen molar-refractivity contribution in [1.29, 1.82) is 0 Å². The van der Waals surface area contributed by atoms with E-state index < -0.39 is 0 Å². The number of ether oxygens (including phenoxy) is 1. The number of methoxy groups -OCH3 is 1. The van der Waals surface area contributed by atoms with Crippen LogP contribution in [0.15, 0.2) is 24.3 Å². The number of benzene rings is 1. The van der Waals surface area contributed by atoms with Crippen molar-refractivity contribution >= 4 is 17.4 Å².